The molecule has 0 fully saturated rings. The molecule has 1 amide bonds. The molecule has 0 aliphatic heterocycles. The van der Waals surface area contributed by atoms with Crippen molar-refractivity contribution in [3.63, 3.8) is 0 Å². The minimum absolute atomic E-state index is 0.111. The van der Waals surface area contributed by atoms with Gasteiger partial charge in [0.1, 0.15) is 22.2 Å². The molecule has 9 heteroatoms. The van der Waals surface area contributed by atoms with E-state index in [0.717, 1.165) is 35.4 Å². The first-order valence-corrected chi connectivity index (χ1v) is 10.6. The van der Waals surface area contributed by atoms with E-state index in [4.69, 9.17) is 11.6 Å². The number of carbonyl (C=O) groups is 1. The second-order valence-electron chi connectivity index (χ2n) is 6.68. The molecule has 0 radical (unpaired) electrons. The van der Waals surface area contributed by atoms with Crippen LogP contribution in [0.1, 0.15) is 21.5 Å². The minimum atomic E-state index is -4.13. The lowest BCUT2D eigenvalue weighted by atomic mass is 10.1. The Balaban J connectivity index is 1.93. The van der Waals surface area contributed by atoms with E-state index in [0.29, 0.717) is 5.69 Å². The van der Waals surface area contributed by atoms with Crippen molar-refractivity contribution in [3.8, 4) is 0 Å². The van der Waals surface area contributed by atoms with E-state index in [1.807, 2.05) is 19.9 Å². The molecule has 3 aromatic rings. The summed E-state index contributed by atoms with van der Waals surface area (Å²) in [6.07, 6.45) is 0. The zero-order valence-electron chi connectivity index (χ0n) is 16.0. The van der Waals surface area contributed by atoms with Crippen molar-refractivity contribution >= 4 is 38.9 Å². The number of rotatable bonds is 5. The number of nitrogens with one attached hydrogen (secondary N) is 2. The van der Waals surface area contributed by atoms with Crippen LogP contribution in [-0.2, 0) is 10.0 Å². The monoisotopic (exact) mass is 450 g/mol. The molecule has 2 N–H and O–H groups in total. The third-order valence-corrected chi connectivity index (χ3v) is 6.02. The highest BCUT2D eigenvalue weighted by atomic mass is 35.5. The Hall–Kier alpha value is -2.97. The maximum atomic E-state index is 13.8. The predicted molar refractivity (Wildman–Crippen MR) is 112 cm³/mol. The van der Waals surface area contributed by atoms with Gasteiger partial charge in [0, 0.05) is 11.3 Å². The minimum Gasteiger partial charge on any atom is -0.317 e. The summed E-state index contributed by atoms with van der Waals surface area (Å²) in [5, 5.41) is 2.00. The summed E-state index contributed by atoms with van der Waals surface area (Å²) in [5.41, 5.74) is 1.29. The number of anilines is 2. The fourth-order valence-electron chi connectivity index (χ4n) is 2.90. The van der Waals surface area contributed by atoms with E-state index in [1.165, 1.54) is 12.1 Å². The van der Waals surface area contributed by atoms with Gasteiger partial charge in [-0.2, -0.15) is 0 Å². The molecule has 0 saturated carbocycles. The van der Waals surface area contributed by atoms with Gasteiger partial charge in [0.05, 0.1) is 5.02 Å². The molecule has 0 aliphatic rings. The van der Waals surface area contributed by atoms with Gasteiger partial charge in [-0.3, -0.25) is 9.52 Å². The van der Waals surface area contributed by atoms with E-state index < -0.39 is 33.3 Å². The number of halogens is 3. The van der Waals surface area contributed by atoms with Crippen molar-refractivity contribution < 1.29 is 22.0 Å². The van der Waals surface area contributed by atoms with Crippen LogP contribution in [0.4, 0.5) is 20.2 Å². The van der Waals surface area contributed by atoms with Crippen LogP contribution in [0.15, 0.2) is 59.5 Å². The molecule has 3 aromatic carbocycles. The van der Waals surface area contributed by atoms with Gasteiger partial charge in [0.2, 0.25) is 0 Å². The Labute approximate surface area is 177 Å². The van der Waals surface area contributed by atoms with Gasteiger partial charge in [-0.1, -0.05) is 23.7 Å². The van der Waals surface area contributed by atoms with Crippen LogP contribution in [0.3, 0.4) is 0 Å². The van der Waals surface area contributed by atoms with E-state index >= 15 is 0 Å². The van der Waals surface area contributed by atoms with Crippen LogP contribution in [0.2, 0.25) is 5.02 Å². The molecule has 0 aromatic heterocycles. The van der Waals surface area contributed by atoms with Crippen LogP contribution >= 0.6 is 11.6 Å². The van der Waals surface area contributed by atoms with Gasteiger partial charge in [-0.25, -0.2) is 17.2 Å². The van der Waals surface area contributed by atoms with E-state index in [-0.39, 0.29) is 15.5 Å². The summed E-state index contributed by atoms with van der Waals surface area (Å²) < 4.78 is 55.7. The number of carbonyl (C=O) groups excluding carboxylic acids is 1. The third kappa shape index (κ3) is 4.77. The molecular formula is C21H17ClF2N2O3S. The molecular weight excluding hydrogens is 434 g/mol. The quantitative estimate of drug-likeness (QED) is 0.554. The van der Waals surface area contributed by atoms with E-state index in [9.17, 15) is 22.0 Å². The maximum absolute atomic E-state index is 13.8. The Morgan fingerprint density at radius 1 is 0.933 bits per heavy atom. The summed E-state index contributed by atoms with van der Waals surface area (Å²) in [5.74, 6) is -2.80. The maximum Gasteiger partial charge on any atom is 0.263 e. The first-order chi connectivity index (χ1) is 14.1. The molecule has 30 heavy (non-hydrogen) atoms. The fraction of sp³-hybridized carbons (Fsp3) is 0.0952. The topological polar surface area (TPSA) is 75.3 Å². The molecule has 156 valence electrons. The SMILES string of the molecule is Cc1cc(C)cc(NS(=O)(=O)c2cc(C(=O)Nc3c(F)cccc3F)ccc2Cl)c1. The van der Waals surface area contributed by atoms with Crippen LogP contribution in [0.25, 0.3) is 0 Å². The van der Waals surface area contributed by atoms with Gasteiger partial charge in [-0.15, -0.1) is 0 Å². The molecule has 0 spiro atoms. The van der Waals surface area contributed by atoms with Crippen molar-refractivity contribution in [1.82, 2.24) is 0 Å². The van der Waals surface area contributed by atoms with Crippen LogP contribution in [0, 0.1) is 25.5 Å². The summed E-state index contributed by atoms with van der Waals surface area (Å²) >= 11 is 6.05. The fourth-order valence-corrected chi connectivity index (χ4v) is 4.46. The second-order valence-corrected chi connectivity index (χ2v) is 8.74. The second kappa shape index (κ2) is 8.41. The van der Waals surface area contributed by atoms with Crippen molar-refractivity contribution in [3.05, 3.63) is 87.9 Å². The highest BCUT2D eigenvalue weighted by Gasteiger charge is 2.22. The molecule has 0 atom stereocenters. The Morgan fingerprint density at radius 3 is 2.13 bits per heavy atom. The molecule has 0 heterocycles. The molecule has 0 bridgehead atoms. The van der Waals surface area contributed by atoms with Crippen LogP contribution in [-0.4, -0.2) is 14.3 Å². The zero-order chi connectivity index (χ0) is 22.1. The van der Waals surface area contributed by atoms with Gasteiger partial charge < -0.3 is 5.32 Å². The Kier molecular flexibility index (Phi) is 6.09. The number of hydrogen-bond acceptors (Lipinski definition) is 3. The lowest BCUT2D eigenvalue weighted by molar-refractivity contribution is 0.102. The number of amides is 1. The van der Waals surface area contributed by atoms with Crippen molar-refractivity contribution in [2.45, 2.75) is 18.7 Å². The number of hydrogen-bond donors (Lipinski definition) is 2. The van der Waals surface area contributed by atoms with Gasteiger partial charge in [0.15, 0.2) is 0 Å². The number of para-hydroxylation sites is 1. The van der Waals surface area contributed by atoms with Crippen molar-refractivity contribution in [2.24, 2.45) is 0 Å². The van der Waals surface area contributed by atoms with Crippen LogP contribution in [0.5, 0.6) is 0 Å². The van der Waals surface area contributed by atoms with Gasteiger partial charge in [-0.05, 0) is 67.4 Å². The van der Waals surface area contributed by atoms with Crippen molar-refractivity contribution in [2.75, 3.05) is 10.0 Å². The summed E-state index contributed by atoms with van der Waals surface area (Å²) in [6, 6.07) is 11.8. The van der Waals surface area contributed by atoms with Gasteiger partial charge in [0.25, 0.3) is 15.9 Å². The predicted octanol–water partition coefficient (Wildman–Crippen LogP) is 5.29. The van der Waals surface area contributed by atoms with E-state index in [1.54, 1.807) is 12.1 Å². The highest BCUT2D eigenvalue weighted by Crippen LogP contribution is 2.27. The number of aryl methyl sites for hydroxylation is 2. The Morgan fingerprint density at radius 2 is 1.53 bits per heavy atom. The molecule has 0 aliphatic carbocycles. The van der Waals surface area contributed by atoms with Gasteiger partial charge >= 0.3 is 0 Å². The molecule has 0 saturated heterocycles. The highest BCUT2D eigenvalue weighted by molar-refractivity contribution is 7.92. The lowest BCUT2D eigenvalue weighted by Gasteiger charge is -2.13. The molecule has 0 unspecified atom stereocenters. The average molecular weight is 451 g/mol. The number of sulfonamides is 1. The smallest absolute Gasteiger partial charge is 0.263 e. The normalized spacial score (nSPS) is 11.2. The first kappa shape index (κ1) is 21.7. The first-order valence-electron chi connectivity index (χ1n) is 8.73. The average Bonchev–Trinajstić information content (AvgIpc) is 2.63. The Bertz CT molecular complexity index is 1210. The summed E-state index contributed by atoms with van der Waals surface area (Å²) in [4.78, 5) is 12.1. The molecule has 5 nitrogen and oxygen atoms in total. The number of benzene rings is 3. The van der Waals surface area contributed by atoms with Crippen molar-refractivity contribution in [1.29, 1.82) is 0 Å². The summed E-state index contributed by atoms with van der Waals surface area (Å²) in [7, 11) is -4.13. The third-order valence-electron chi connectivity index (χ3n) is 4.16. The van der Waals surface area contributed by atoms with E-state index in [2.05, 4.69) is 10.0 Å². The zero-order valence-corrected chi connectivity index (χ0v) is 17.5. The lowest BCUT2D eigenvalue weighted by Crippen LogP contribution is -2.17. The summed E-state index contributed by atoms with van der Waals surface area (Å²) in [6.45, 7) is 3.65. The molecule has 3 rings (SSSR count). The van der Waals surface area contributed by atoms with Crippen LogP contribution < -0.4 is 10.0 Å². The largest absolute Gasteiger partial charge is 0.317 e. The standard InChI is InChI=1S/C21H17ClF2N2O3S/c1-12-8-13(2)10-15(9-12)26-30(28,29)19-11-14(6-7-16(19)22)21(27)25-20-17(23)4-3-5-18(20)24/h3-11,26H,1-2H3,(H,25,27).